The van der Waals surface area contributed by atoms with E-state index in [1.807, 2.05) is 31.2 Å². The van der Waals surface area contributed by atoms with E-state index in [1.54, 1.807) is 12.0 Å². The van der Waals surface area contributed by atoms with E-state index < -0.39 is 11.9 Å². The largest absolute Gasteiger partial charge is 0.497 e. The molecule has 138 valence electrons. The number of hydrogen-bond acceptors (Lipinski definition) is 3. The zero-order valence-electron chi connectivity index (χ0n) is 15.4. The Morgan fingerprint density at radius 1 is 1.36 bits per heavy atom. The lowest BCUT2D eigenvalue weighted by atomic mass is 9.84. The Labute approximate surface area is 149 Å². The minimum absolute atomic E-state index is 0.187. The SMILES string of the molecule is COc1cccc(C(C)(C)CNC(=O)N2CC(C)CC(C(=O)O)C2)c1. The smallest absolute Gasteiger partial charge is 0.317 e. The van der Waals surface area contributed by atoms with Crippen molar-refractivity contribution in [3.05, 3.63) is 29.8 Å². The third-order valence-electron chi connectivity index (χ3n) is 4.83. The summed E-state index contributed by atoms with van der Waals surface area (Å²) in [6.07, 6.45) is 0.619. The summed E-state index contributed by atoms with van der Waals surface area (Å²) in [7, 11) is 1.63. The van der Waals surface area contributed by atoms with Gasteiger partial charge >= 0.3 is 12.0 Å². The number of urea groups is 1. The lowest BCUT2D eigenvalue weighted by molar-refractivity contribution is -0.143. The molecule has 1 aliphatic rings. The number of carboxylic acids is 1. The summed E-state index contributed by atoms with van der Waals surface area (Å²) in [5.41, 5.74) is 0.806. The molecule has 6 nitrogen and oxygen atoms in total. The van der Waals surface area contributed by atoms with Crippen molar-refractivity contribution in [2.45, 2.75) is 32.6 Å². The molecule has 0 radical (unpaired) electrons. The van der Waals surface area contributed by atoms with Crippen LogP contribution in [-0.2, 0) is 10.2 Å². The summed E-state index contributed by atoms with van der Waals surface area (Å²) in [4.78, 5) is 25.4. The second-order valence-corrected chi connectivity index (χ2v) is 7.56. The van der Waals surface area contributed by atoms with E-state index in [0.717, 1.165) is 11.3 Å². The highest BCUT2D eigenvalue weighted by Gasteiger charge is 2.32. The van der Waals surface area contributed by atoms with Crippen LogP contribution in [0.5, 0.6) is 5.75 Å². The number of carboxylic acid groups (broad SMARTS) is 1. The van der Waals surface area contributed by atoms with Gasteiger partial charge in [0.1, 0.15) is 5.75 Å². The molecule has 0 saturated carbocycles. The fraction of sp³-hybridized carbons (Fsp3) is 0.579. The summed E-state index contributed by atoms with van der Waals surface area (Å²) in [6.45, 7) is 7.42. The van der Waals surface area contributed by atoms with Crippen LogP contribution in [0.25, 0.3) is 0 Å². The lowest BCUT2D eigenvalue weighted by Gasteiger charge is -2.35. The molecule has 0 aliphatic carbocycles. The molecule has 1 fully saturated rings. The van der Waals surface area contributed by atoms with E-state index in [4.69, 9.17) is 4.74 Å². The topological polar surface area (TPSA) is 78.9 Å². The predicted molar refractivity (Wildman–Crippen MR) is 95.9 cm³/mol. The van der Waals surface area contributed by atoms with Crippen LogP contribution in [0.4, 0.5) is 4.79 Å². The zero-order chi connectivity index (χ0) is 18.6. The first-order chi connectivity index (χ1) is 11.7. The molecular formula is C19H28N2O4. The van der Waals surface area contributed by atoms with Crippen LogP contribution in [0.1, 0.15) is 32.8 Å². The number of nitrogens with one attached hydrogen (secondary N) is 1. The Bertz CT molecular complexity index is 630. The van der Waals surface area contributed by atoms with E-state index in [2.05, 4.69) is 19.2 Å². The van der Waals surface area contributed by atoms with Gasteiger partial charge in [0.25, 0.3) is 0 Å². The fourth-order valence-corrected chi connectivity index (χ4v) is 3.25. The molecule has 25 heavy (non-hydrogen) atoms. The molecule has 0 bridgehead atoms. The van der Waals surface area contributed by atoms with Crippen molar-refractivity contribution >= 4 is 12.0 Å². The van der Waals surface area contributed by atoms with Crippen molar-refractivity contribution in [1.29, 1.82) is 0 Å². The number of nitrogens with zero attached hydrogens (tertiary/aromatic N) is 1. The van der Waals surface area contributed by atoms with Crippen LogP contribution in [0, 0.1) is 11.8 Å². The monoisotopic (exact) mass is 348 g/mol. The average Bonchev–Trinajstić information content (AvgIpc) is 2.59. The second kappa shape index (κ2) is 7.76. The standard InChI is InChI=1S/C19H28N2O4/c1-13-8-14(17(22)23)11-21(10-13)18(24)20-12-19(2,3)15-6-5-7-16(9-15)25-4/h5-7,9,13-14H,8,10-12H2,1-4H3,(H,20,24)(H,22,23). The van der Waals surface area contributed by atoms with Crippen molar-refractivity contribution in [2.75, 3.05) is 26.7 Å². The molecule has 2 N–H and O–H groups in total. The van der Waals surface area contributed by atoms with Gasteiger partial charge in [0.2, 0.25) is 0 Å². The summed E-state index contributed by atoms with van der Waals surface area (Å²) in [5.74, 6) is -0.347. The number of amides is 2. The zero-order valence-corrected chi connectivity index (χ0v) is 15.4. The summed E-state index contributed by atoms with van der Waals surface area (Å²) < 4.78 is 5.27. The number of benzene rings is 1. The van der Waals surface area contributed by atoms with Gasteiger partial charge in [0.05, 0.1) is 13.0 Å². The number of carbonyl (C=O) groups is 2. The Hall–Kier alpha value is -2.24. The van der Waals surface area contributed by atoms with E-state index >= 15 is 0 Å². The molecule has 2 atom stereocenters. The molecule has 1 aromatic rings. The van der Waals surface area contributed by atoms with E-state index in [-0.39, 0.29) is 23.9 Å². The summed E-state index contributed by atoms with van der Waals surface area (Å²) in [6, 6.07) is 7.60. The number of rotatable bonds is 5. The normalized spacial score (nSPS) is 20.9. The molecule has 0 spiro atoms. The quantitative estimate of drug-likeness (QED) is 0.857. The molecule has 2 rings (SSSR count). The molecule has 1 aromatic carbocycles. The highest BCUT2D eigenvalue weighted by Crippen LogP contribution is 2.26. The van der Waals surface area contributed by atoms with Gasteiger partial charge in [0.15, 0.2) is 0 Å². The summed E-state index contributed by atoms with van der Waals surface area (Å²) >= 11 is 0. The van der Waals surface area contributed by atoms with Crippen LogP contribution >= 0.6 is 0 Å². The van der Waals surface area contributed by atoms with Crippen molar-refractivity contribution < 1.29 is 19.4 Å². The van der Waals surface area contributed by atoms with Gasteiger partial charge in [-0.1, -0.05) is 32.9 Å². The van der Waals surface area contributed by atoms with Gasteiger partial charge < -0.3 is 20.1 Å². The molecule has 1 saturated heterocycles. The number of methoxy groups -OCH3 is 1. The highest BCUT2D eigenvalue weighted by molar-refractivity contribution is 5.76. The van der Waals surface area contributed by atoms with Crippen LogP contribution in [0.15, 0.2) is 24.3 Å². The molecular weight excluding hydrogens is 320 g/mol. The molecule has 6 heteroatoms. The second-order valence-electron chi connectivity index (χ2n) is 7.56. The first-order valence-corrected chi connectivity index (χ1v) is 8.63. The maximum absolute atomic E-state index is 12.5. The first kappa shape index (κ1) is 19.1. The molecule has 0 aromatic heterocycles. The molecule has 2 unspecified atom stereocenters. The van der Waals surface area contributed by atoms with Crippen LogP contribution in [0.3, 0.4) is 0 Å². The van der Waals surface area contributed by atoms with Gasteiger partial charge in [-0.25, -0.2) is 4.79 Å². The maximum atomic E-state index is 12.5. The van der Waals surface area contributed by atoms with E-state index in [1.165, 1.54) is 0 Å². The molecule has 1 aliphatic heterocycles. The van der Waals surface area contributed by atoms with E-state index in [0.29, 0.717) is 19.5 Å². The fourth-order valence-electron chi connectivity index (χ4n) is 3.25. The third-order valence-corrected chi connectivity index (χ3v) is 4.83. The number of likely N-dealkylation sites (tertiary alicyclic amines) is 1. The van der Waals surface area contributed by atoms with Crippen LogP contribution < -0.4 is 10.1 Å². The lowest BCUT2D eigenvalue weighted by Crippen LogP contribution is -2.51. The van der Waals surface area contributed by atoms with Crippen LogP contribution in [0.2, 0.25) is 0 Å². The molecule has 1 heterocycles. The summed E-state index contributed by atoms with van der Waals surface area (Å²) in [5, 5.41) is 12.2. The van der Waals surface area contributed by atoms with Gasteiger partial charge in [-0.2, -0.15) is 0 Å². The van der Waals surface area contributed by atoms with Crippen molar-refractivity contribution in [3.63, 3.8) is 0 Å². The Morgan fingerprint density at radius 3 is 2.72 bits per heavy atom. The Balaban J connectivity index is 1.99. The van der Waals surface area contributed by atoms with Gasteiger partial charge in [-0.3, -0.25) is 4.79 Å². The number of hydrogen-bond donors (Lipinski definition) is 2. The van der Waals surface area contributed by atoms with E-state index in [9.17, 15) is 14.7 Å². The Kier molecular flexibility index (Phi) is 5.93. The maximum Gasteiger partial charge on any atom is 0.317 e. The number of piperidine rings is 1. The third kappa shape index (κ3) is 4.87. The highest BCUT2D eigenvalue weighted by atomic mass is 16.5. The number of ether oxygens (including phenoxy) is 1. The van der Waals surface area contributed by atoms with Crippen molar-refractivity contribution in [1.82, 2.24) is 10.2 Å². The van der Waals surface area contributed by atoms with Gasteiger partial charge in [-0.05, 0) is 30.0 Å². The minimum atomic E-state index is -0.832. The molecule has 2 amide bonds. The number of aliphatic carboxylic acids is 1. The van der Waals surface area contributed by atoms with Crippen molar-refractivity contribution in [3.8, 4) is 5.75 Å². The van der Waals surface area contributed by atoms with Crippen LogP contribution in [-0.4, -0.2) is 48.8 Å². The number of carbonyl (C=O) groups excluding carboxylic acids is 1. The van der Waals surface area contributed by atoms with Gasteiger partial charge in [0, 0.05) is 25.0 Å². The van der Waals surface area contributed by atoms with Crippen molar-refractivity contribution in [2.24, 2.45) is 11.8 Å². The predicted octanol–water partition coefficient (Wildman–Crippen LogP) is 2.73. The van der Waals surface area contributed by atoms with Gasteiger partial charge in [-0.15, -0.1) is 0 Å². The average molecular weight is 348 g/mol. The minimum Gasteiger partial charge on any atom is -0.497 e. The Morgan fingerprint density at radius 2 is 2.08 bits per heavy atom. The first-order valence-electron chi connectivity index (χ1n) is 8.63.